The number of hydrogen-bond donors (Lipinski definition) is 0. The van der Waals surface area contributed by atoms with Crippen molar-refractivity contribution in [1.82, 2.24) is 9.80 Å². The number of Topliss-reactive ketones (excluding diaryl/α,β-unsaturated/α-hetero) is 1. The molecule has 0 aromatic carbocycles. The summed E-state index contributed by atoms with van der Waals surface area (Å²) < 4.78 is 0. The molecule has 1 amide bonds. The summed E-state index contributed by atoms with van der Waals surface area (Å²) in [6, 6.07) is 0. The van der Waals surface area contributed by atoms with Gasteiger partial charge < -0.3 is 4.90 Å². The zero-order chi connectivity index (χ0) is 14.3. The van der Waals surface area contributed by atoms with E-state index in [9.17, 15) is 9.59 Å². The summed E-state index contributed by atoms with van der Waals surface area (Å²) in [7, 11) is 3.63. The Morgan fingerprint density at radius 2 is 1.50 bits per heavy atom. The van der Waals surface area contributed by atoms with Crippen molar-refractivity contribution in [3.05, 3.63) is 0 Å². The molecule has 0 aromatic heterocycles. The molecule has 0 aliphatic carbocycles. The van der Waals surface area contributed by atoms with Crippen LogP contribution in [0.5, 0.6) is 0 Å². The first-order chi connectivity index (χ1) is 8.22. The van der Waals surface area contributed by atoms with Gasteiger partial charge in [0.2, 0.25) is 5.91 Å². The van der Waals surface area contributed by atoms with Crippen molar-refractivity contribution in [3.8, 4) is 0 Å². The topological polar surface area (TPSA) is 40.6 Å². The summed E-state index contributed by atoms with van der Waals surface area (Å²) in [5.74, 6) is 1.03. The molecule has 0 saturated heterocycles. The minimum Gasteiger partial charge on any atom is -0.337 e. The predicted molar refractivity (Wildman–Crippen MR) is 74.4 cm³/mol. The molecule has 0 bridgehead atoms. The lowest BCUT2D eigenvalue weighted by Crippen LogP contribution is -2.40. The maximum atomic E-state index is 11.9. The smallest absolute Gasteiger partial charge is 0.236 e. The molecule has 106 valence electrons. The van der Waals surface area contributed by atoms with E-state index in [1.807, 2.05) is 25.8 Å². The van der Waals surface area contributed by atoms with E-state index < -0.39 is 0 Å². The van der Waals surface area contributed by atoms with Crippen molar-refractivity contribution < 1.29 is 9.59 Å². The van der Waals surface area contributed by atoms with Gasteiger partial charge in [-0.2, -0.15) is 0 Å². The van der Waals surface area contributed by atoms with Gasteiger partial charge in [0.15, 0.2) is 5.78 Å². The quantitative estimate of drug-likeness (QED) is 0.663. The van der Waals surface area contributed by atoms with Crippen LogP contribution in [-0.4, -0.2) is 55.2 Å². The Kier molecular flexibility index (Phi) is 7.83. The molecular weight excluding hydrogens is 228 g/mol. The van der Waals surface area contributed by atoms with E-state index >= 15 is 0 Å². The SMILES string of the molecule is CC(C)CC(=O)CN(C)C(=O)CN(C)CC(C)C. The molecule has 0 saturated carbocycles. The van der Waals surface area contributed by atoms with Gasteiger partial charge >= 0.3 is 0 Å². The van der Waals surface area contributed by atoms with E-state index in [4.69, 9.17) is 0 Å². The van der Waals surface area contributed by atoms with Crippen LogP contribution in [0.3, 0.4) is 0 Å². The summed E-state index contributed by atoms with van der Waals surface area (Å²) in [6.07, 6.45) is 0.541. The minimum atomic E-state index is 0.00950. The highest BCUT2D eigenvalue weighted by molar-refractivity contribution is 5.86. The fourth-order valence-electron chi connectivity index (χ4n) is 1.91. The molecule has 0 N–H and O–H groups in total. The molecule has 0 fully saturated rings. The van der Waals surface area contributed by atoms with Crippen molar-refractivity contribution in [3.63, 3.8) is 0 Å². The first-order valence-electron chi connectivity index (χ1n) is 6.66. The van der Waals surface area contributed by atoms with Crippen LogP contribution in [0.25, 0.3) is 0 Å². The van der Waals surface area contributed by atoms with Crippen molar-refractivity contribution in [2.45, 2.75) is 34.1 Å². The standard InChI is InChI=1S/C14H28N2O2/c1-11(2)7-13(17)9-16(6)14(18)10-15(5)8-12(3)4/h11-12H,7-10H2,1-6H3. The van der Waals surface area contributed by atoms with Crippen molar-refractivity contribution >= 4 is 11.7 Å². The third-order valence-corrected chi connectivity index (χ3v) is 2.56. The van der Waals surface area contributed by atoms with Gasteiger partial charge in [-0.15, -0.1) is 0 Å². The third kappa shape index (κ3) is 8.23. The first kappa shape index (κ1) is 17.1. The van der Waals surface area contributed by atoms with E-state index in [1.165, 1.54) is 4.90 Å². The second-order valence-corrected chi connectivity index (χ2v) is 5.98. The fraction of sp³-hybridized carbons (Fsp3) is 0.857. The fourth-order valence-corrected chi connectivity index (χ4v) is 1.91. The van der Waals surface area contributed by atoms with Crippen LogP contribution in [0.4, 0.5) is 0 Å². The number of carbonyl (C=O) groups excluding carboxylic acids is 2. The van der Waals surface area contributed by atoms with Crippen molar-refractivity contribution in [1.29, 1.82) is 0 Å². The van der Waals surface area contributed by atoms with Crippen LogP contribution < -0.4 is 0 Å². The lowest BCUT2D eigenvalue weighted by atomic mass is 10.1. The molecule has 0 aliphatic heterocycles. The number of amides is 1. The lowest BCUT2D eigenvalue weighted by Gasteiger charge is -2.22. The van der Waals surface area contributed by atoms with Crippen LogP contribution in [0.1, 0.15) is 34.1 Å². The zero-order valence-electron chi connectivity index (χ0n) is 12.7. The van der Waals surface area contributed by atoms with Crippen molar-refractivity contribution in [2.24, 2.45) is 11.8 Å². The van der Waals surface area contributed by atoms with Crippen LogP contribution in [0.15, 0.2) is 0 Å². The highest BCUT2D eigenvalue weighted by Gasteiger charge is 2.15. The van der Waals surface area contributed by atoms with E-state index in [2.05, 4.69) is 13.8 Å². The molecule has 4 nitrogen and oxygen atoms in total. The van der Waals surface area contributed by atoms with Crippen LogP contribution in [0.2, 0.25) is 0 Å². The number of ketones is 1. The monoisotopic (exact) mass is 256 g/mol. The van der Waals surface area contributed by atoms with Gasteiger partial charge in [-0.1, -0.05) is 27.7 Å². The molecule has 0 atom stereocenters. The molecule has 0 aliphatic rings. The van der Waals surface area contributed by atoms with Crippen LogP contribution in [-0.2, 0) is 9.59 Å². The maximum Gasteiger partial charge on any atom is 0.236 e. The number of nitrogens with zero attached hydrogens (tertiary/aromatic N) is 2. The largest absolute Gasteiger partial charge is 0.337 e. The molecule has 0 heterocycles. The highest BCUT2D eigenvalue weighted by atomic mass is 16.2. The Morgan fingerprint density at radius 3 is 1.94 bits per heavy atom. The van der Waals surface area contributed by atoms with E-state index in [0.717, 1.165) is 6.54 Å². The van der Waals surface area contributed by atoms with Gasteiger partial charge in [0.25, 0.3) is 0 Å². The Balaban J connectivity index is 4.06. The number of carbonyl (C=O) groups is 2. The summed E-state index contributed by atoms with van der Waals surface area (Å²) in [5, 5.41) is 0. The number of rotatable bonds is 8. The van der Waals surface area contributed by atoms with Crippen molar-refractivity contribution in [2.75, 3.05) is 33.7 Å². The van der Waals surface area contributed by atoms with E-state index in [-0.39, 0.29) is 18.2 Å². The number of likely N-dealkylation sites (N-methyl/N-ethyl adjacent to an activating group) is 2. The molecule has 0 rings (SSSR count). The van der Waals surface area contributed by atoms with Gasteiger partial charge in [-0.05, 0) is 18.9 Å². The van der Waals surface area contributed by atoms with Crippen LogP contribution >= 0.6 is 0 Å². The minimum absolute atomic E-state index is 0.00950. The summed E-state index contributed by atoms with van der Waals surface area (Å²) in [4.78, 5) is 27.0. The molecular formula is C14H28N2O2. The Hall–Kier alpha value is -0.900. The maximum absolute atomic E-state index is 11.9. The van der Waals surface area contributed by atoms with E-state index in [1.54, 1.807) is 7.05 Å². The summed E-state index contributed by atoms with van der Waals surface area (Å²) >= 11 is 0. The second kappa shape index (κ2) is 8.25. The Bertz CT molecular complexity index is 275. The molecule has 4 heteroatoms. The average molecular weight is 256 g/mol. The Morgan fingerprint density at radius 1 is 0.944 bits per heavy atom. The van der Waals surface area contributed by atoms with Gasteiger partial charge in [-0.3, -0.25) is 14.5 Å². The van der Waals surface area contributed by atoms with Gasteiger partial charge in [0.05, 0.1) is 13.1 Å². The highest BCUT2D eigenvalue weighted by Crippen LogP contribution is 2.02. The molecule has 0 spiro atoms. The van der Waals surface area contributed by atoms with E-state index in [0.29, 0.717) is 24.8 Å². The third-order valence-electron chi connectivity index (χ3n) is 2.56. The summed E-state index contributed by atoms with van der Waals surface area (Å²) in [5.41, 5.74) is 0. The average Bonchev–Trinajstić information content (AvgIpc) is 2.13. The normalized spacial score (nSPS) is 11.4. The summed E-state index contributed by atoms with van der Waals surface area (Å²) in [6.45, 7) is 9.76. The van der Waals surface area contributed by atoms with Gasteiger partial charge in [-0.25, -0.2) is 0 Å². The zero-order valence-corrected chi connectivity index (χ0v) is 12.7. The second-order valence-electron chi connectivity index (χ2n) is 5.98. The molecule has 0 aromatic rings. The van der Waals surface area contributed by atoms with Gasteiger partial charge in [0.1, 0.15) is 0 Å². The Labute approximate surface area is 111 Å². The first-order valence-corrected chi connectivity index (χ1v) is 6.66. The van der Waals surface area contributed by atoms with Gasteiger partial charge in [0, 0.05) is 20.0 Å². The molecule has 0 radical (unpaired) electrons. The molecule has 18 heavy (non-hydrogen) atoms. The van der Waals surface area contributed by atoms with Crippen LogP contribution in [0, 0.1) is 11.8 Å². The number of hydrogen-bond acceptors (Lipinski definition) is 3. The predicted octanol–water partition coefficient (Wildman–Crippen LogP) is 1.65. The lowest BCUT2D eigenvalue weighted by molar-refractivity contribution is -0.135. The molecule has 0 unspecified atom stereocenters.